The largest absolute Gasteiger partial charge is 0.480 e. The van der Waals surface area contributed by atoms with Crippen LogP contribution in [0, 0.1) is 13.8 Å². The number of aliphatic carboxylic acids is 1. The molecule has 2 aromatic rings. The maximum absolute atomic E-state index is 10.9. The molecular weight excluding hydrogens is 206 g/mol. The summed E-state index contributed by atoms with van der Waals surface area (Å²) in [6.45, 7) is 3.65. The fourth-order valence-electron chi connectivity index (χ4n) is 1.96. The van der Waals surface area contributed by atoms with Crippen molar-refractivity contribution in [3.8, 4) is 0 Å². The van der Waals surface area contributed by atoms with Gasteiger partial charge in [-0.3, -0.25) is 4.79 Å². The van der Waals surface area contributed by atoms with Crippen molar-refractivity contribution in [2.45, 2.75) is 19.9 Å². The Labute approximate surface area is 92.7 Å². The van der Waals surface area contributed by atoms with Crippen molar-refractivity contribution < 1.29 is 14.3 Å². The van der Waals surface area contributed by atoms with E-state index in [0.717, 1.165) is 10.9 Å². The molecule has 0 amide bonds. The molecule has 84 valence electrons. The molecule has 1 aromatic heterocycles. The molecule has 16 heavy (non-hydrogen) atoms. The van der Waals surface area contributed by atoms with E-state index in [1.165, 1.54) is 0 Å². The Bertz CT molecular complexity index is 557. The van der Waals surface area contributed by atoms with Crippen molar-refractivity contribution in [3.05, 3.63) is 35.1 Å². The van der Waals surface area contributed by atoms with Crippen molar-refractivity contribution in [1.82, 2.24) is 0 Å². The van der Waals surface area contributed by atoms with Crippen molar-refractivity contribution in [3.63, 3.8) is 0 Å². The minimum absolute atomic E-state index is 0.569. The maximum atomic E-state index is 10.9. The van der Waals surface area contributed by atoms with E-state index in [-0.39, 0.29) is 0 Å². The average Bonchev–Trinajstić information content (AvgIpc) is 2.54. The molecule has 0 aliphatic rings. The standard InChI is InChI=1S/C12H13NO3/c1-6-4-3-5-8-9(6)10(7(2)16-8)11(13)12(14)15/h3-5,11H,13H2,1-2H3,(H,14,15). The highest BCUT2D eigenvalue weighted by atomic mass is 16.4. The van der Waals surface area contributed by atoms with E-state index in [0.29, 0.717) is 16.9 Å². The van der Waals surface area contributed by atoms with E-state index in [1.54, 1.807) is 6.92 Å². The van der Waals surface area contributed by atoms with E-state index >= 15 is 0 Å². The molecule has 4 nitrogen and oxygen atoms in total. The lowest BCUT2D eigenvalue weighted by atomic mass is 10.0. The number of hydrogen-bond donors (Lipinski definition) is 2. The Hall–Kier alpha value is -1.81. The van der Waals surface area contributed by atoms with Crippen molar-refractivity contribution in [2.75, 3.05) is 0 Å². The molecule has 0 saturated carbocycles. The molecule has 0 radical (unpaired) electrons. The predicted molar refractivity (Wildman–Crippen MR) is 60.3 cm³/mol. The molecule has 0 fully saturated rings. The van der Waals surface area contributed by atoms with Gasteiger partial charge in [0, 0.05) is 10.9 Å². The fraction of sp³-hybridized carbons (Fsp3) is 0.250. The first-order valence-corrected chi connectivity index (χ1v) is 4.99. The second-order valence-corrected chi connectivity index (χ2v) is 3.84. The number of nitrogens with two attached hydrogens (primary N) is 1. The summed E-state index contributed by atoms with van der Waals surface area (Å²) in [5.41, 5.74) is 7.89. The first-order valence-electron chi connectivity index (χ1n) is 4.99. The zero-order chi connectivity index (χ0) is 11.9. The van der Waals surface area contributed by atoms with Crippen LogP contribution in [0.2, 0.25) is 0 Å². The molecule has 4 heteroatoms. The number of aryl methyl sites for hydroxylation is 2. The van der Waals surface area contributed by atoms with E-state index < -0.39 is 12.0 Å². The molecule has 0 saturated heterocycles. The third kappa shape index (κ3) is 1.47. The lowest BCUT2D eigenvalue weighted by molar-refractivity contribution is -0.138. The van der Waals surface area contributed by atoms with Gasteiger partial charge in [-0.1, -0.05) is 12.1 Å². The number of fused-ring (bicyclic) bond motifs is 1. The number of carbonyl (C=O) groups is 1. The van der Waals surface area contributed by atoms with Gasteiger partial charge in [-0.15, -0.1) is 0 Å². The average molecular weight is 219 g/mol. The molecule has 0 aliphatic heterocycles. The smallest absolute Gasteiger partial charge is 0.325 e. The van der Waals surface area contributed by atoms with Crippen molar-refractivity contribution in [2.24, 2.45) is 5.73 Å². The summed E-state index contributed by atoms with van der Waals surface area (Å²) >= 11 is 0. The second kappa shape index (κ2) is 3.64. The van der Waals surface area contributed by atoms with Crippen molar-refractivity contribution in [1.29, 1.82) is 0 Å². The number of carboxylic acids is 1. The summed E-state index contributed by atoms with van der Waals surface area (Å²) in [6.07, 6.45) is 0. The highest BCUT2D eigenvalue weighted by molar-refractivity contribution is 5.90. The number of carboxylic acid groups (broad SMARTS) is 1. The van der Waals surface area contributed by atoms with Gasteiger partial charge in [0.25, 0.3) is 0 Å². The Morgan fingerprint density at radius 3 is 2.75 bits per heavy atom. The number of rotatable bonds is 2. The zero-order valence-corrected chi connectivity index (χ0v) is 9.15. The van der Waals surface area contributed by atoms with Gasteiger partial charge in [-0.25, -0.2) is 0 Å². The zero-order valence-electron chi connectivity index (χ0n) is 9.15. The minimum Gasteiger partial charge on any atom is -0.480 e. The second-order valence-electron chi connectivity index (χ2n) is 3.84. The maximum Gasteiger partial charge on any atom is 0.325 e. The van der Waals surface area contributed by atoms with Crippen molar-refractivity contribution >= 4 is 16.9 Å². The van der Waals surface area contributed by atoms with E-state index in [9.17, 15) is 4.79 Å². The predicted octanol–water partition coefficient (Wildman–Crippen LogP) is 2.13. The third-order valence-electron chi connectivity index (χ3n) is 2.72. The molecule has 0 aliphatic carbocycles. The lowest BCUT2D eigenvalue weighted by Gasteiger charge is -2.06. The molecule has 0 spiro atoms. The number of furan rings is 1. The first kappa shape index (κ1) is 10.7. The Morgan fingerprint density at radius 2 is 2.12 bits per heavy atom. The van der Waals surface area contributed by atoms with Gasteiger partial charge in [0.15, 0.2) is 0 Å². The Kier molecular flexibility index (Phi) is 2.44. The molecule has 0 bridgehead atoms. The SMILES string of the molecule is Cc1oc2cccc(C)c2c1C(N)C(=O)O. The van der Waals surface area contributed by atoms with Crippen LogP contribution in [0.5, 0.6) is 0 Å². The first-order chi connectivity index (χ1) is 7.52. The van der Waals surface area contributed by atoms with Crippen LogP contribution in [-0.4, -0.2) is 11.1 Å². The summed E-state index contributed by atoms with van der Waals surface area (Å²) in [6, 6.07) is 4.56. The normalized spacial score (nSPS) is 12.9. The van der Waals surface area contributed by atoms with Gasteiger partial charge in [0.05, 0.1) is 0 Å². The fourth-order valence-corrected chi connectivity index (χ4v) is 1.96. The topological polar surface area (TPSA) is 76.5 Å². The van der Waals surface area contributed by atoms with E-state index in [1.807, 2.05) is 25.1 Å². The summed E-state index contributed by atoms with van der Waals surface area (Å²) < 4.78 is 5.51. The summed E-state index contributed by atoms with van der Waals surface area (Å²) in [4.78, 5) is 10.9. The third-order valence-corrected chi connectivity index (χ3v) is 2.72. The van der Waals surface area contributed by atoms with Crippen LogP contribution in [0.25, 0.3) is 11.0 Å². The number of hydrogen-bond acceptors (Lipinski definition) is 3. The minimum atomic E-state index is -1.05. The van der Waals surface area contributed by atoms with Crippen LogP contribution in [0.3, 0.4) is 0 Å². The molecule has 1 unspecified atom stereocenters. The summed E-state index contributed by atoms with van der Waals surface area (Å²) in [7, 11) is 0. The Balaban J connectivity index is 2.77. The van der Waals surface area contributed by atoms with Gasteiger partial charge in [-0.05, 0) is 25.5 Å². The Morgan fingerprint density at radius 1 is 1.44 bits per heavy atom. The van der Waals surface area contributed by atoms with E-state index in [4.69, 9.17) is 15.3 Å². The molecule has 3 N–H and O–H groups in total. The molecule has 1 atom stereocenters. The molecular formula is C12H13NO3. The lowest BCUT2D eigenvalue weighted by Crippen LogP contribution is -2.21. The van der Waals surface area contributed by atoms with E-state index in [2.05, 4.69) is 0 Å². The molecule has 2 rings (SSSR count). The van der Waals surface area contributed by atoms with Crippen LogP contribution in [0.1, 0.15) is 22.9 Å². The van der Waals surface area contributed by atoms with Gasteiger partial charge in [0.1, 0.15) is 17.4 Å². The van der Waals surface area contributed by atoms with Crippen LogP contribution < -0.4 is 5.73 Å². The van der Waals surface area contributed by atoms with Gasteiger partial charge in [-0.2, -0.15) is 0 Å². The molecule has 1 aromatic carbocycles. The van der Waals surface area contributed by atoms with Crippen LogP contribution in [0.15, 0.2) is 22.6 Å². The highest BCUT2D eigenvalue weighted by Gasteiger charge is 2.23. The quantitative estimate of drug-likeness (QED) is 0.811. The number of benzene rings is 1. The van der Waals surface area contributed by atoms with Crippen LogP contribution in [0.4, 0.5) is 0 Å². The van der Waals surface area contributed by atoms with Gasteiger partial charge >= 0.3 is 5.97 Å². The van der Waals surface area contributed by atoms with Gasteiger partial charge in [0.2, 0.25) is 0 Å². The molecule has 1 heterocycles. The van der Waals surface area contributed by atoms with Gasteiger partial charge < -0.3 is 15.3 Å². The highest BCUT2D eigenvalue weighted by Crippen LogP contribution is 2.31. The monoisotopic (exact) mass is 219 g/mol. The summed E-state index contributed by atoms with van der Waals surface area (Å²) in [5, 5.41) is 9.78. The van der Waals surface area contributed by atoms with Crippen LogP contribution in [-0.2, 0) is 4.79 Å². The van der Waals surface area contributed by atoms with Crippen LogP contribution >= 0.6 is 0 Å². The summed E-state index contributed by atoms with van der Waals surface area (Å²) in [5.74, 6) is -0.478.